The van der Waals surface area contributed by atoms with E-state index in [1.165, 1.54) is 0 Å². The SMILES string of the molecule is c1ccc(-c2nc(-c3ccc4c(c3)oc3ccccc34)nc(-c3ccc4c(c3)oc3c(-c5nc(-c6ccccc6)c6oc7ccccc7c6n5)cccc34)n2)cc1. The average molecular weight is 734 g/mol. The molecular weight excluding hydrogens is 707 g/mol. The first-order valence-corrected chi connectivity index (χ1v) is 18.7. The molecule has 0 unspecified atom stereocenters. The van der Waals surface area contributed by atoms with Crippen molar-refractivity contribution in [1.82, 2.24) is 24.9 Å². The summed E-state index contributed by atoms with van der Waals surface area (Å²) in [7, 11) is 0. The number of para-hydroxylation sites is 3. The number of hydrogen-bond donors (Lipinski definition) is 0. The maximum atomic E-state index is 6.75. The van der Waals surface area contributed by atoms with E-state index in [1.54, 1.807) is 0 Å². The molecule has 12 aromatic rings. The van der Waals surface area contributed by atoms with E-state index in [4.69, 9.17) is 38.2 Å². The lowest BCUT2D eigenvalue weighted by atomic mass is 10.1. The first kappa shape index (κ1) is 31.4. The number of rotatable bonds is 5. The Morgan fingerprint density at radius 2 is 0.825 bits per heavy atom. The van der Waals surface area contributed by atoms with Gasteiger partial charge >= 0.3 is 0 Å². The van der Waals surface area contributed by atoms with Gasteiger partial charge in [0.15, 0.2) is 28.9 Å². The predicted octanol–water partition coefficient (Wildman–Crippen LogP) is 12.7. The Morgan fingerprint density at radius 1 is 0.298 bits per heavy atom. The van der Waals surface area contributed by atoms with Crippen LogP contribution in [0.15, 0.2) is 177 Å². The van der Waals surface area contributed by atoms with Crippen molar-refractivity contribution < 1.29 is 13.3 Å². The molecule has 8 heteroatoms. The molecule has 0 radical (unpaired) electrons. The summed E-state index contributed by atoms with van der Waals surface area (Å²) < 4.78 is 19.3. The molecule has 266 valence electrons. The van der Waals surface area contributed by atoms with Crippen LogP contribution < -0.4 is 0 Å². The highest BCUT2D eigenvalue weighted by atomic mass is 16.3. The Labute approximate surface area is 323 Å². The van der Waals surface area contributed by atoms with E-state index in [-0.39, 0.29) is 0 Å². The fourth-order valence-electron chi connectivity index (χ4n) is 7.83. The molecule has 8 nitrogen and oxygen atoms in total. The lowest BCUT2D eigenvalue weighted by Gasteiger charge is -2.08. The van der Waals surface area contributed by atoms with Crippen LogP contribution in [-0.4, -0.2) is 24.9 Å². The van der Waals surface area contributed by atoms with Gasteiger partial charge in [0.25, 0.3) is 0 Å². The zero-order valence-electron chi connectivity index (χ0n) is 30.0. The van der Waals surface area contributed by atoms with Crippen LogP contribution in [0.5, 0.6) is 0 Å². The summed E-state index contributed by atoms with van der Waals surface area (Å²) in [4.78, 5) is 25.2. The van der Waals surface area contributed by atoms with Crippen LogP contribution in [-0.2, 0) is 0 Å². The first-order valence-electron chi connectivity index (χ1n) is 18.7. The molecular formula is C49H27N5O3. The van der Waals surface area contributed by atoms with Crippen molar-refractivity contribution in [1.29, 1.82) is 0 Å². The van der Waals surface area contributed by atoms with E-state index >= 15 is 0 Å². The fourth-order valence-corrected chi connectivity index (χ4v) is 7.83. The first-order chi connectivity index (χ1) is 28.2. The monoisotopic (exact) mass is 733 g/mol. The zero-order chi connectivity index (χ0) is 37.5. The van der Waals surface area contributed by atoms with Crippen LogP contribution in [0.25, 0.3) is 123 Å². The highest BCUT2D eigenvalue weighted by Gasteiger charge is 2.22. The summed E-state index contributed by atoms with van der Waals surface area (Å²) >= 11 is 0. The molecule has 0 aliphatic rings. The van der Waals surface area contributed by atoms with Gasteiger partial charge in [-0.05, 0) is 48.5 Å². The van der Waals surface area contributed by atoms with Gasteiger partial charge in [-0.2, -0.15) is 0 Å². The quantitative estimate of drug-likeness (QED) is 0.172. The van der Waals surface area contributed by atoms with Crippen molar-refractivity contribution in [2.75, 3.05) is 0 Å². The van der Waals surface area contributed by atoms with Crippen molar-refractivity contribution >= 4 is 65.9 Å². The van der Waals surface area contributed by atoms with Crippen molar-refractivity contribution in [3.63, 3.8) is 0 Å². The Kier molecular flexibility index (Phi) is 6.76. The largest absolute Gasteiger partial charge is 0.456 e. The predicted molar refractivity (Wildman–Crippen MR) is 224 cm³/mol. The number of aromatic nitrogens is 5. The molecule has 57 heavy (non-hydrogen) atoms. The molecule has 0 saturated carbocycles. The summed E-state index contributed by atoms with van der Waals surface area (Å²) in [5, 5.41) is 4.96. The summed E-state index contributed by atoms with van der Waals surface area (Å²) in [5.41, 5.74) is 10.1. The molecule has 0 aliphatic carbocycles. The number of furan rings is 3. The van der Waals surface area contributed by atoms with Crippen LogP contribution >= 0.6 is 0 Å². The second-order valence-electron chi connectivity index (χ2n) is 14.0. The van der Waals surface area contributed by atoms with Crippen molar-refractivity contribution in [3.8, 4) is 56.8 Å². The minimum atomic E-state index is 0.527. The van der Waals surface area contributed by atoms with Crippen LogP contribution in [0.3, 0.4) is 0 Å². The molecule has 5 aromatic heterocycles. The van der Waals surface area contributed by atoms with Gasteiger partial charge in [-0.1, -0.05) is 115 Å². The van der Waals surface area contributed by atoms with E-state index in [0.717, 1.165) is 82.7 Å². The van der Waals surface area contributed by atoms with Crippen molar-refractivity contribution in [2.24, 2.45) is 0 Å². The summed E-state index contributed by atoms with van der Waals surface area (Å²) in [5.74, 6) is 2.19. The topological polar surface area (TPSA) is 104 Å². The summed E-state index contributed by atoms with van der Waals surface area (Å²) in [6, 6.07) is 54.3. The second-order valence-corrected chi connectivity index (χ2v) is 14.0. The highest BCUT2D eigenvalue weighted by molar-refractivity contribution is 6.11. The van der Waals surface area contributed by atoms with E-state index < -0.39 is 0 Å². The van der Waals surface area contributed by atoms with Gasteiger partial charge < -0.3 is 13.3 Å². The standard InChI is InChI=1S/C49H27N5O3/c1-3-12-28(13-4-1)42-45-43(36-17-8-10-21-39(36)56-45)51-49(50-42)37-19-11-18-35-34-25-23-31(27-41(34)57-44(35)37)48-53-46(29-14-5-2-6-15-29)52-47(54-48)30-22-24-33-32-16-7-9-20-38(32)55-40(33)26-30/h1-27H. The van der Waals surface area contributed by atoms with Crippen LogP contribution in [0.2, 0.25) is 0 Å². The molecule has 7 aromatic carbocycles. The van der Waals surface area contributed by atoms with Crippen molar-refractivity contribution in [2.45, 2.75) is 0 Å². The molecule has 0 atom stereocenters. The third-order valence-electron chi connectivity index (χ3n) is 10.6. The normalized spacial score (nSPS) is 11.9. The minimum Gasteiger partial charge on any atom is -0.456 e. The zero-order valence-corrected chi connectivity index (χ0v) is 30.0. The Morgan fingerprint density at radius 3 is 1.54 bits per heavy atom. The maximum Gasteiger partial charge on any atom is 0.180 e. The van der Waals surface area contributed by atoms with E-state index in [9.17, 15) is 0 Å². The number of nitrogens with zero attached hydrogens (tertiary/aromatic N) is 5. The Bertz CT molecular complexity index is 3530. The van der Waals surface area contributed by atoms with Crippen LogP contribution in [0, 0.1) is 0 Å². The molecule has 5 heterocycles. The maximum absolute atomic E-state index is 6.75. The smallest absolute Gasteiger partial charge is 0.180 e. The van der Waals surface area contributed by atoms with Crippen molar-refractivity contribution in [3.05, 3.63) is 164 Å². The van der Waals surface area contributed by atoms with Gasteiger partial charge in [0.2, 0.25) is 0 Å². The van der Waals surface area contributed by atoms with Gasteiger partial charge in [-0.3, -0.25) is 0 Å². The van der Waals surface area contributed by atoms with E-state index in [0.29, 0.717) is 40.0 Å². The average Bonchev–Trinajstić information content (AvgIpc) is 3.97. The molecule has 0 bridgehead atoms. The Hall–Kier alpha value is -7.97. The molecule has 0 amide bonds. The second kappa shape index (κ2) is 12.3. The number of hydrogen-bond acceptors (Lipinski definition) is 8. The van der Waals surface area contributed by atoms with Gasteiger partial charge in [0, 0.05) is 49.2 Å². The molecule has 0 fully saturated rings. The fraction of sp³-hybridized carbons (Fsp3) is 0. The van der Waals surface area contributed by atoms with Gasteiger partial charge in [0.05, 0.1) is 5.56 Å². The summed E-state index contributed by atoms with van der Waals surface area (Å²) in [6.45, 7) is 0. The van der Waals surface area contributed by atoms with Gasteiger partial charge in [-0.25, -0.2) is 24.9 Å². The lowest BCUT2D eigenvalue weighted by Crippen LogP contribution is -2.00. The minimum absolute atomic E-state index is 0.527. The van der Waals surface area contributed by atoms with E-state index in [2.05, 4.69) is 24.3 Å². The molecule has 0 spiro atoms. The molecule has 0 N–H and O–H groups in total. The molecule has 12 rings (SSSR count). The van der Waals surface area contributed by atoms with Crippen LogP contribution in [0.4, 0.5) is 0 Å². The summed E-state index contributed by atoms with van der Waals surface area (Å²) in [6.07, 6.45) is 0. The third kappa shape index (κ3) is 5.04. The highest BCUT2D eigenvalue weighted by Crippen LogP contribution is 2.40. The van der Waals surface area contributed by atoms with Gasteiger partial charge in [0.1, 0.15) is 39.1 Å². The van der Waals surface area contributed by atoms with Gasteiger partial charge in [-0.15, -0.1) is 0 Å². The Balaban J connectivity index is 1.02. The van der Waals surface area contributed by atoms with Crippen LogP contribution in [0.1, 0.15) is 0 Å². The molecule has 0 saturated heterocycles. The number of fused-ring (bicyclic) bond motifs is 9. The van der Waals surface area contributed by atoms with E-state index in [1.807, 2.05) is 140 Å². The lowest BCUT2D eigenvalue weighted by molar-refractivity contribution is 0.666. The number of benzene rings is 7. The molecule has 0 aliphatic heterocycles. The third-order valence-corrected chi connectivity index (χ3v) is 10.6.